The highest BCUT2D eigenvalue weighted by atomic mass is 16.4. The summed E-state index contributed by atoms with van der Waals surface area (Å²) >= 11 is 0. The van der Waals surface area contributed by atoms with E-state index in [0.29, 0.717) is 23.8 Å². The van der Waals surface area contributed by atoms with Crippen molar-refractivity contribution in [3.8, 4) is 0 Å². The molecule has 2 unspecified atom stereocenters. The van der Waals surface area contributed by atoms with Gasteiger partial charge in [-0.15, -0.1) is 0 Å². The third-order valence-electron chi connectivity index (χ3n) is 11.3. The van der Waals surface area contributed by atoms with E-state index >= 15 is 0 Å². The molecule has 33 heavy (non-hydrogen) atoms. The highest BCUT2D eigenvalue weighted by Gasteiger charge is 2.69. The third kappa shape index (κ3) is 2.75. The molecule has 9 atom stereocenters. The fourth-order valence-corrected chi connectivity index (χ4v) is 9.78. The largest absolute Gasteiger partial charge is 0.431 e. The highest BCUT2D eigenvalue weighted by Crippen LogP contribution is 2.72. The third-order valence-corrected chi connectivity index (χ3v) is 11.3. The van der Waals surface area contributed by atoms with E-state index in [-0.39, 0.29) is 28.3 Å². The van der Waals surface area contributed by atoms with Crippen LogP contribution in [-0.4, -0.2) is 20.3 Å². The van der Waals surface area contributed by atoms with E-state index in [4.69, 9.17) is 4.42 Å². The van der Waals surface area contributed by atoms with Crippen LogP contribution in [0, 0.1) is 34.5 Å². The summed E-state index contributed by atoms with van der Waals surface area (Å²) in [5.41, 5.74) is -0.318. The minimum atomic E-state index is -0.725. The molecule has 4 saturated carbocycles. The van der Waals surface area contributed by atoms with Gasteiger partial charge in [0.1, 0.15) is 0 Å². The normalized spacial score (nSPS) is 46.9. The van der Waals surface area contributed by atoms with Gasteiger partial charge in [0.05, 0.1) is 18.2 Å². The standard InChI is InChI=1S/C28H38N2O3/c1-18-6-7-19-8-9-23-22(27(19,3)24(18)30-15-14-29-17-30)10-12-26(2)21(11-13-28(23,26)32)20-5-4-16-33-25(20)31/h4-5,14-19,21-24,32H,6-13H2,1-3H3/t18?,19-,21+,22+,23-,24?,26-,27+,28+/m1/s1. The smallest absolute Gasteiger partial charge is 0.339 e. The number of fused-ring (bicyclic) bond motifs is 5. The van der Waals surface area contributed by atoms with Gasteiger partial charge in [-0.05, 0) is 98.5 Å². The zero-order valence-corrected chi connectivity index (χ0v) is 20.2. The van der Waals surface area contributed by atoms with Crippen molar-refractivity contribution in [2.45, 2.75) is 89.7 Å². The van der Waals surface area contributed by atoms with Crippen LogP contribution >= 0.6 is 0 Å². The van der Waals surface area contributed by atoms with E-state index in [1.165, 1.54) is 25.5 Å². The molecule has 1 N–H and O–H groups in total. The van der Waals surface area contributed by atoms with Crippen LogP contribution in [0.15, 0.2) is 46.3 Å². The van der Waals surface area contributed by atoms with Crippen LogP contribution in [0.25, 0.3) is 0 Å². The summed E-state index contributed by atoms with van der Waals surface area (Å²) in [7, 11) is 0. The zero-order valence-electron chi connectivity index (χ0n) is 20.2. The van der Waals surface area contributed by atoms with Crippen molar-refractivity contribution in [2.75, 3.05) is 0 Å². The van der Waals surface area contributed by atoms with Crippen LogP contribution < -0.4 is 5.63 Å². The molecule has 5 nitrogen and oxygen atoms in total. The van der Waals surface area contributed by atoms with Crippen LogP contribution in [0.5, 0.6) is 0 Å². The van der Waals surface area contributed by atoms with E-state index in [1.807, 2.05) is 24.7 Å². The first-order valence-electron chi connectivity index (χ1n) is 13.1. The van der Waals surface area contributed by atoms with Gasteiger partial charge in [0.15, 0.2) is 0 Å². The monoisotopic (exact) mass is 450 g/mol. The van der Waals surface area contributed by atoms with Crippen LogP contribution in [0.4, 0.5) is 0 Å². The van der Waals surface area contributed by atoms with Gasteiger partial charge in [0.2, 0.25) is 0 Å². The molecule has 0 bridgehead atoms. The minimum Gasteiger partial charge on any atom is -0.431 e. The molecule has 0 aromatic carbocycles. The summed E-state index contributed by atoms with van der Waals surface area (Å²) in [6.45, 7) is 7.22. The topological polar surface area (TPSA) is 68.3 Å². The Kier molecular flexibility index (Phi) is 4.79. The Labute approximate surface area is 196 Å². The SMILES string of the molecule is CC1CC[C@@H]2CC[C@@H]3[C@H](CC[C@]4(C)[C@H](c5cccoc5=O)CC[C@]34O)[C@@]2(C)C1n1ccnc1. The van der Waals surface area contributed by atoms with Crippen LogP contribution in [0.3, 0.4) is 0 Å². The Balaban J connectivity index is 1.41. The number of hydrogen-bond acceptors (Lipinski definition) is 4. The van der Waals surface area contributed by atoms with Crippen molar-refractivity contribution in [3.05, 3.63) is 53.1 Å². The molecule has 0 radical (unpaired) electrons. The fraction of sp³-hybridized carbons (Fsp3) is 0.714. The Bertz CT molecular complexity index is 1080. The molecular formula is C28H38N2O3. The van der Waals surface area contributed by atoms with Gasteiger partial charge < -0.3 is 14.1 Å². The molecule has 0 spiro atoms. The second kappa shape index (κ2) is 7.31. The predicted octanol–water partition coefficient (Wildman–Crippen LogP) is 5.56. The van der Waals surface area contributed by atoms with Gasteiger partial charge in [-0.3, -0.25) is 0 Å². The van der Waals surface area contributed by atoms with Crippen molar-refractivity contribution in [2.24, 2.45) is 34.5 Å². The minimum absolute atomic E-state index is 0.0705. The quantitative estimate of drug-likeness (QED) is 0.650. The molecule has 0 aliphatic heterocycles. The van der Waals surface area contributed by atoms with Crippen LogP contribution in [0.2, 0.25) is 0 Å². The van der Waals surface area contributed by atoms with E-state index in [0.717, 1.165) is 37.7 Å². The Morgan fingerprint density at radius 2 is 1.91 bits per heavy atom. The Hall–Kier alpha value is -1.88. The molecular weight excluding hydrogens is 412 g/mol. The average Bonchev–Trinajstić information content (AvgIpc) is 3.40. The number of imidazole rings is 1. The maximum absolute atomic E-state index is 12.6. The highest BCUT2D eigenvalue weighted by molar-refractivity contribution is 5.27. The lowest BCUT2D eigenvalue weighted by atomic mass is 9.41. The summed E-state index contributed by atoms with van der Waals surface area (Å²) in [5.74, 6) is 2.16. The fourth-order valence-electron chi connectivity index (χ4n) is 9.78. The lowest BCUT2D eigenvalue weighted by Crippen LogP contribution is -2.63. The molecule has 178 valence electrons. The van der Waals surface area contributed by atoms with E-state index in [1.54, 1.807) is 0 Å². The molecule has 6 rings (SSSR count). The summed E-state index contributed by atoms with van der Waals surface area (Å²) in [6, 6.07) is 4.18. The summed E-state index contributed by atoms with van der Waals surface area (Å²) in [4.78, 5) is 17.0. The zero-order chi connectivity index (χ0) is 23.0. The number of hydrogen-bond donors (Lipinski definition) is 1. The van der Waals surface area contributed by atoms with Gasteiger partial charge in [0, 0.05) is 29.4 Å². The van der Waals surface area contributed by atoms with E-state index < -0.39 is 5.60 Å². The number of nitrogens with zero attached hydrogens (tertiary/aromatic N) is 2. The molecule has 0 amide bonds. The molecule has 0 saturated heterocycles. The van der Waals surface area contributed by atoms with Crippen LogP contribution in [-0.2, 0) is 0 Å². The molecule has 2 aromatic heterocycles. The summed E-state index contributed by atoms with van der Waals surface area (Å²) < 4.78 is 7.62. The lowest BCUT2D eigenvalue weighted by Gasteiger charge is -2.66. The molecule has 4 aliphatic rings. The van der Waals surface area contributed by atoms with Crippen molar-refractivity contribution < 1.29 is 9.52 Å². The van der Waals surface area contributed by atoms with Crippen molar-refractivity contribution >= 4 is 0 Å². The maximum Gasteiger partial charge on any atom is 0.339 e. The predicted molar refractivity (Wildman–Crippen MR) is 127 cm³/mol. The first-order chi connectivity index (χ1) is 15.8. The number of aliphatic hydroxyl groups is 1. The van der Waals surface area contributed by atoms with E-state index in [9.17, 15) is 9.90 Å². The molecule has 2 aromatic rings. The first kappa shape index (κ1) is 21.6. The van der Waals surface area contributed by atoms with Crippen molar-refractivity contribution in [1.29, 1.82) is 0 Å². The van der Waals surface area contributed by atoms with Gasteiger partial charge >= 0.3 is 5.63 Å². The number of aromatic nitrogens is 2. The van der Waals surface area contributed by atoms with Gasteiger partial charge in [-0.25, -0.2) is 9.78 Å². The average molecular weight is 451 g/mol. The Morgan fingerprint density at radius 3 is 2.67 bits per heavy atom. The van der Waals surface area contributed by atoms with Gasteiger partial charge in [-0.1, -0.05) is 20.8 Å². The van der Waals surface area contributed by atoms with Crippen LogP contribution in [0.1, 0.15) is 89.7 Å². The molecule has 4 aliphatic carbocycles. The molecule has 2 heterocycles. The second-order valence-corrected chi connectivity index (χ2v) is 12.2. The summed E-state index contributed by atoms with van der Waals surface area (Å²) in [5, 5.41) is 12.5. The van der Waals surface area contributed by atoms with Gasteiger partial charge in [-0.2, -0.15) is 0 Å². The van der Waals surface area contributed by atoms with Crippen molar-refractivity contribution in [3.63, 3.8) is 0 Å². The summed E-state index contributed by atoms with van der Waals surface area (Å²) in [6.07, 6.45) is 16.2. The molecule has 4 fully saturated rings. The van der Waals surface area contributed by atoms with Crippen molar-refractivity contribution in [1.82, 2.24) is 9.55 Å². The maximum atomic E-state index is 12.6. The molecule has 5 heteroatoms. The van der Waals surface area contributed by atoms with E-state index in [2.05, 4.69) is 36.5 Å². The first-order valence-corrected chi connectivity index (χ1v) is 13.1. The number of rotatable bonds is 2. The second-order valence-electron chi connectivity index (χ2n) is 12.2. The van der Waals surface area contributed by atoms with Gasteiger partial charge in [0.25, 0.3) is 0 Å². The lowest BCUT2D eigenvalue weighted by molar-refractivity contribution is -0.214. The Morgan fingerprint density at radius 1 is 1.09 bits per heavy atom.